The molecule has 0 aromatic heterocycles. The maximum Gasteiger partial charge on any atom is 0.254 e. The van der Waals surface area contributed by atoms with E-state index in [1.165, 1.54) is 0 Å². The number of rotatable bonds is 1. The lowest BCUT2D eigenvalue weighted by atomic mass is 9.89. The van der Waals surface area contributed by atoms with Gasteiger partial charge in [0.05, 0.1) is 0 Å². The summed E-state index contributed by atoms with van der Waals surface area (Å²) in [5.41, 5.74) is -0.754. The minimum atomic E-state index is -2.46. The summed E-state index contributed by atoms with van der Waals surface area (Å²) in [6, 6.07) is 0. The van der Waals surface area contributed by atoms with Gasteiger partial charge in [0, 0.05) is 30.8 Å². The Kier molecular flexibility index (Phi) is 2.72. The molecule has 2 aliphatic carbocycles. The number of allylic oxidation sites excluding steroid dienone is 2. The van der Waals surface area contributed by atoms with Gasteiger partial charge in [-0.15, -0.1) is 0 Å². The van der Waals surface area contributed by atoms with Gasteiger partial charge >= 0.3 is 0 Å². The van der Waals surface area contributed by atoms with Crippen LogP contribution in [0.25, 0.3) is 0 Å². The maximum atomic E-state index is 13.2. The fourth-order valence-corrected chi connectivity index (χ4v) is 3.35. The number of likely N-dealkylation sites (tertiary alicyclic amines) is 1. The summed E-state index contributed by atoms with van der Waals surface area (Å²) in [6.45, 7) is 1.04. The van der Waals surface area contributed by atoms with E-state index in [9.17, 15) is 13.6 Å². The van der Waals surface area contributed by atoms with E-state index in [0.29, 0.717) is 25.9 Å². The summed E-state index contributed by atoms with van der Waals surface area (Å²) in [6.07, 6.45) is 7.86. The molecule has 4 heteroatoms. The van der Waals surface area contributed by atoms with Crippen LogP contribution in [-0.4, -0.2) is 29.8 Å². The molecule has 1 aliphatic heterocycles. The maximum absolute atomic E-state index is 13.2. The normalized spacial score (nSPS) is 32.6. The summed E-state index contributed by atoms with van der Waals surface area (Å²) in [5.74, 6) is -2.20. The third kappa shape index (κ3) is 1.86. The molecule has 1 saturated carbocycles. The smallest absolute Gasteiger partial charge is 0.254 e. The second-order valence-electron chi connectivity index (χ2n) is 5.97. The van der Waals surface area contributed by atoms with E-state index in [2.05, 4.69) is 12.2 Å². The highest BCUT2D eigenvalue weighted by molar-refractivity contribution is 5.79. The average Bonchev–Trinajstić information content (AvgIpc) is 2.91. The number of hydrogen-bond donors (Lipinski definition) is 0. The van der Waals surface area contributed by atoms with Crippen molar-refractivity contribution in [3.63, 3.8) is 0 Å². The Hall–Kier alpha value is -0.930. The first-order chi connectivity index (χ1) is 8.54. The van der Waals surface area contributed by atoms with Crippen LogP contribution in [0.4, 0.5) is 8.78 Å². The van der Waals surface area contributed by atoms with Crippen molar-refractivity contribution in [3.8, 4) is 0 Å². The summed E-state index contributed by atoms with van der Waals surface area (Å²) < 4.78 is 26.5. The van der Waals surface area contributed by atoms with Crippen molar-refractivity contribution in [2.75, 3.05) is 13.1 Å². The van der Waals surface area contributed by atoms with Gasteiger partial charge in [0.1, 0.15) is 0 Å². The molecule has 1 spiro atoms. The van der Waals surface area contributed by atoms with E-state index in [0.717, 1.165) is 19.3 Å². The number of piperidine rings is 1. The van der Waals surface area contributed by atoms with E-state index in [-0.39, 0.29) is 18.2 Å². The SMILES string of the molecule is O=C(C1CC=CCC1)N1CCC2(CC1)CC2(F)F. The van der Waals surface area contributed by atoms with Crippen molar-refractivity contribution in [1.29, 1.82) is 0 Å². The van der Waals surface area contributed by atoms with Crippen LogP contribution in [0.1, 0.15) is 38.5 Å². The van der Waals surface area contributed by atoms with Crippen LogP contribution in [-0.2, 0) is 4.79 Å². The lowest BCUT2D eigenvalue weighted by Crippen LogP contribution is -2.43. The summed E-state index contributed by atoms with van der Waals surface area (Å²) in [5, 5.41) is 0. The van der Waals surface area contributed by atoms with E-state index in [1.54, 1.807) is 0 Å². The lowest BCUT2D eigenvalue weighted by molar-refractivity contribution is -0.138. The Morgan fingerprint density at radius 2 is 1.89 bits per heavy atom. The van der Waals surface area contributed by atoms with Gasteiger partial charge in [0.2, 0.25) is 5.91 Å². The third-order valence-corrected chi connectivity index (χ3v) is 4.86. The van der Waals surface area contributed by atoms with Crippen LogP contribution >= 0.6 is 0 Å². The topological polar surface area (TPSA) is 20.3 Å². The first-order valence-electron chi connectivity index (χ1n) is 6.86. The van der Waals surface area contributed by atoms with Gasteiger partial charge in [0.15, 0.2) is 0 Å². The standard InChI is InChI=1S/C14H19F2NO/c15-14(16)10-13(14)6-8-17(9-7-13)12(18)11-4-2-1-3-5-11/h1-2,11H,3-10H2. The molecular formula is C14H19F2NO. The number of nitrogens with zero attached hydrogens (tertiary/aromatic N) is 1. The zero-order valence-corrected chi connectivity index (χ0v) is 10.5. The van der Waals surface area contributed by atoms with Crippen LogP contribution in [0, 0.1) is 11.3 Å². The summed E-state index contributed by atoms with van der Waals surface area (Å²) in [7, 11) is 0. The number of alkyl halides is 2. The number of carbonyl (C=O) groups is 1. The van der Waals surface area contributed by atoms with E-state index < -0.39 is 11.3 Å². The predicted octanol–water partition coefficient (Wildman–Crippen LogP) is 2.99. The Labute approximate surface area is 106 Å². The molecular weight excluding hydrogens is 236 g/mol. The third-order valence-electron chi connectivity index (χ3n) is 4.86. The first kappa shape index (κ1) is 12.1. The van der Waals surface area contributed by atoms with Gasteiger partial charge in [-0.1, -0.05) is 12.2 Å². The molecule has 100 valence electrons. The average molecular weight is 255 g/mol. The van der Waals surface area contributed by atoms with Gasteiger partial charge in [-0.25, -0.2) is 8.78 Å². The summed E-state index contributed by atoms with van der Waals surface area (Å²) in [4.78, 5) is 14.1. The van der Waals surface area contributed by atoms with Crippen LogP contribution in [0.15, 0.2) is 12.2 Å². The Bertz CT molecular complexity index is 383. The number of amides is 1. The predicted molar refractivity (Wildman–Crippen MR) is 64.3 cm³/mol. The molecule has 1 amide bonds. The van der Waals surface area contributed by atoms with Crippen LogP contribution in [0.5, 0.6) is 0 Å². The highest BCUT2D eigenvalue weighted by Crippen LogP contribution is 2.65. The molecule has 1 heterocycles. The van der Waals surface area contributed by atoms with E-state index >= 15 is 0 Å². The molecule has 18 heavy (non-hydrogen) atoms. The largest absolute Gasteiger partial charge is 0.342 e. The second-order valence-corrected chi connectivity index (χ2v) is 5.97. The summed E-state index contributed by atoms with van der Waals surface area (Å²) >= 11 is 0. The van der Waals surface area contributed by atoms with Gasteiger partial charge in [-0.3, -0.25) is 4.79 Å². The van der Waals surface area contributed by atoms with E-state index in [1.807, 2.05) is 4.90 Å². The van der Waals surface area contributed by atoms with Crippen molar-refractivity contribution >= 4 is 5.91 Å². The monoisotopic (exact) mass is 255 g/mol. The Balaban J connectivity index is 1.56. The van der Waals surface area contributed by atoms with Crippen molar-refractivity contribution in [2.45, 2.75) is 44.4 Å². The highest BCUT2D eigenvalue weighted by Gasteiger charge is 2.70. The van der Waals surface area contributed by atoms with Crippen LogP contribution in [0.2, 0.25) is 0 Å². The zero-order chi connectivity index (χ0) is 12.8. The zero-order valence-electron chi connectivity index (χ0n) is 10.5. The minimum absolute atomic E-state index is 0.0359. The van der Waals surface area contributed by atoms with Gasteiger partial charge in [-0.2, -0.15) is 0 Å². The molecule has 2 nitrogen and oxygen atoms in total. The molecule has 1 atom stereocenters. The van der Waals surface area contributed by atoms with Crippen molar-refractivity contribution < 1.29 is 13.6 Å². The molecule has 2 fully saturated rings. The lowest BCUT2D eigenvalue weighted by Gasteiger charge is -2.34. The Morgan fingerprint density at radius 1 is 1.22 bits per heavy atom. The van der Waals surface area contributed by atoms with E-state index in [4.69, 9.17) is 0 Å². The van der Waals surface area contributed by atoms with Crippen molar-refractivity contribution in [2.24, 2.45) is 11.3 Å². The molecule has 1 saturated heterocycles. The number of halogens is 2. The molecule has 0 radical (unpaired) electrons. The van der Waals surface area contributed by atoms with Crippen molar-refractivity contribution in [1.82, 2.24) is 4.90 Å². The number of hydrogen-bond acceptors (Lipinski definition) is 1. The fourth-order valence-electron chi connectivity index (χ4n) is 3.35. The van der Waals surface area contributed by atoms with Crippen molar-refractivity contribution in [3.05, 3.63) is 12.2 Å². The van der Waals surface area contributed by atoms with Crippen LogP contribution < -0.4 is 0 Å². The van der Waals surface area contributed by atoms with Crippen LogP contribution in [0.3, 0.4) is 0 Å². The van der Waals surface area contributed by atoms with Gasteiger partial charge in [-0.05, 0) is 32.1 Å². The number of carbonyl (C=O) groups excluding carboxylic acids is 1. The van der Waals surface area contributed by atoms with Gasteiger partial charge in [0.25, 0.3) is 5.92 Å². The minimum Gasteiger partial charge on any atom is -0.342 e. The quantitative estimate of drug-likeness (QED) is 0.660. The molecule has 0 bridgehead atoms. The molecule has 3 aliphatic rings. The molecule has 1 unspecified atom stereocenters. The Morgan fingerprint density at radius 3 is 2.39 bits per heavy atom. The highest BCUT2D eigenvalue weighted by atomic mass is 19.3. The van der Waals surface area contributed by atoms with Gasteiger partial charge < -0.3 is 4.90 Å². The fraction of sp³-hybridized carbons (Fsp3) is 0.786. The second kappa shape index (κ2) is 4.04. The molecule has 3 rings (SSSR count). The first-order valence-corrected chi connectivity index (χ1v) is 6.86. The molecule has 0 aromatic carbocycles. The molecule has 0 N–H and O–H groups in total. The molecule has 0 aromatic rings.